The van der Waals surface area contributed by atoms with Crippen LogP contribution >= 0.6 is 11.3 Å². The lowest BCUT2D eigenvalue weighted by Gasteiger charge is -2.16. The summed E-state index contributed by atoms with van der Waals surface area (Å²) in [6.45, 7) is 1.13. The zero-order chi connectivity index (χ0) is 12.4. The highest BCUT2D eigenvalue weighted by Gasteiger charge is 2.21. The fourth-order valence-corrected chi connectivity index (χ4v) is 2.28. The Labute approximate surface area is 102 Å². The fourth-order valence-electron chi connectivity index (χ4n) is 1.57. The van der Waals surface area contributed by atoms with Crippen molar-refractivity contribution in [1.82, 2.24) is 9.38 Å². The van der Waals surface area contributed by atoms with Gasteiger partial charge in [0.2, 0.25) is 0 Å². The van der Waals surface area contributed by atoms with Gasteiger partial charge in [0.05, 0.1) is 6.61 Å². The van der Waals surface area contributed by atoms with Crippen molar-refractivity contribution in [3.63, 3.8) is 0 Å². The molecule has 0 aliphatic carbocycles. The van der Waals surface area contributed by atoms with Crippen molar-refractivity contribution in [3.8, 4) is 0 Å². The summed E-state index contributed by atoms with van der Waals surface area (Å²) < 4.78 is 6.56. The van der Waals surface area contributed by atoms with Crippen LogP contribution in [0.1, 0.15) is 10.5 Å². The molecule has 0 spiro atoms. The van der Waals surface area contributed by atoms with Crippen LogP contribution in [0.15, 0.2) is 11.6 Å². The smallest absolute Gasteiger partial charge is 0.356 e. The summed E-state index contributed by atoms with van der Waals surface area (Å²) in [4.78, 5) is 18.0. The number of aromatic carboxylic acids is 1. The minimum Gasteiger partial charge on any atom is -0.476 e. The summed E-state index contributed by atoms with van der Waals surface area (Å²) in [6.07, 6.45) is 1.71. The van der Waals surface area contributed by atoms with Crippen molar-refractivity contribution < 1.29 is 14.6 Å². The molecule has 7 heteroatoms. The van der Waals surface area contributed by atoms with E-state index in [9.17, 15) is 9.90 Å². The normalized spacial score (nSPS) is 10.9. The summed E-state index contributed by atoms with van der Waals surface area (Å²) in [7, 11) is 3.41. The summed E-state index contributed by atoms with van der Waals surface area (Å²) in [5.41, 5.74) is 0.194. The lowest BCUT2D eigenvalue weighted by atomic mass is 10.4. The van der Waals surface area contributed by atoms with Crippen LogP contribution in [0.3, 0.4) is 0 Å². The second kappa shape index (κ2) is 4.72. The second-order valence-electron chi connectivity index (χ2n) is 3.56. The molecule has 2 aromatic heterocycles. The van der Waals surface area contributed by atoms with E-state index >= 15 is 0 Å². The molecule has 0 radical (unpaired) electrons. The fraction of sp³-hybridized carbons (Fsp3) is 0.400. The molecule has 0 fully saturated rings. The molecule has 0 bridgehead atoms. The van der Waals surface area contributed by atoms with Crippen LogP contribution in [0.2, 0.25) is 0 Å². The number of fused-ring (bicyclic) bond motifs is 1. The first-order chi connectivity index (χ1) is 8.15. The molecule has 0 amide bonds. The number of thiazole rings is 1. The Morgan fingerprint density at radius 1 is 1.71 bits per heavy atom. The molecule has 6 nitrogen and oxygen atoms in total. The Bertz CT molecular complexity index is 534. The average molecular weight is 255 g/mol. The van der Waals surface area contributed by atoms with E-state index in [1.165, 1.54) is 11.3 Å². The van der Waals surface area contributed by atoms with E-state index in [1.54, 1.807) is 29.7 Å². The highest BCUT2D eigenvalue weighted by Crippen LogP contribution is 2.23. The van der Waals surface area contributed by atoms with Crippen LogP contribution in [-0.2, 0) is 4.74 Å². The summed E-state index contributed by atoms with van der Waals surface area (Å²) in [6, 6.07) is 0. The number of ether oxygens (including phenoxy) is 1. The number of imidazole rings is 1. The van der Waals surface area contributed by atoms with Crippen molar-refractivity contribution in [2.24, 2.45) is 0 Å². The van der Waals surface area contributed by atoms with Crippen LogP contribution in [0.25, 0.3) is 4.96 Å². The van der Waals surface area contributed by atoms with Gasteiger partial charge in [0.25, 0.3) is 0 Å². The molecule has 0 saturated heterocycles. The van der Waals surface area contributed by atoms with Crippen LogP contribution in [-0.4, -0.2) is 47.8 Å². The van der Waals surface area contributed by atoms with Gasteiger partial charge in [0.1, 0.15) is 0 Å². The Kier molecular flexibility index (Phi) is 3.30. The van der Waals surface area contributed by atoms with Crippen molar-refractivity contribution in [2.75, 3.05) is 32.2 Å². The first-order valence-electron chi connectivity index (χ1n) is 5.04. The monoisotopic (exact) mass is 255 g/mol. The number of methoxy groups -OCH3 is 1. The average Bonchev–Trinajstić information content (AvgIpc) is 2.83. The van der Waals surface area contributed by atoms with Gasteiger partial charge in [-0.3, -0.25) is 4.40 Å². The van der Waals surface area contributed by atoms with Gasteiger partial charge in [-0.2, -0.15) is 0 Å². The van der Waals surface area contributed by atoms with Crippen LogP contribution < -0.4 is 4.90 Å². The number of rotatable bonds is 5. The van der Waals surface area contributed by atoms with Gasteiger partial charge in [0, 0.05) is 32.3 Å². The van der Waals surface area contributed by atoms with E-state index < -0.39 is 5.97 Å². The number of anilines is 1. The first-order valence-corrected chi connectivity index (χ1v) is 5.92. The number of carbonyl (C=O) groups is 1. The van der Waals surface area contributed by atoms with Gasteiger partial charge in [-0.05, 0) is 0 Å². The highest BCUT2D eigenvalue weighted by molar-refractivity contribution is 7.15. The third-order valence-corrected chi connectivity index (χ3v) is 3.20. The van der Waals surface area contributed by atoms with Crippen LogP contribution in [0.4, 0.5) is 5.82 Å². The number of nitrogens with zero attached hydrogens (tertiary/aromatic N) is 3. The third kappa shape index (κ3) is 2.11. The maximum Gasteiger partial charge on any atom is 0.356 e. The molecule has 2 rings (SSSR count). The van der Waals surface area contributed by atoms with Crippen molar-refractivity contribution in [1.29, 1.82) is 0 Å². The molecule has 0 aliphatic rings. The molecule has 0 atom stereocenters. The molecule has 1 N–H and O–H groups in total. The minimum atomic E-state index is -0.977. The first kappa shape index (κ1) is 11.9. The molecule has 0 aliphatic heterocycles. The largest absolute Gasteiger partial charge is 0.476 e. The van der Waals surface area contributed by atoms with E-state index in [2.05, 4.69) is 4.98 Å². The quantitative estimate of drug-likeness (QED) is 0.869. The Hall–Kier alpha value is -1.60. The molecule has 0 saturated carbocycles. The van der Waals surface area contributed by atoms with E-state index in [4.69, 9.17) is 4.74 Å². The van der Waals surface area contributed by atoms with E-state index in [-0.39, 0.29) is 5.69 Å². The number of aromatic nitrogens is 2. The lowest BCUT2D eigenvalue weighted by Crippen LogP contribution is -2.24. The molecule has 0 aromatic carbocycles. The van der Waals surface area contributed by atoms with E-state index in [0.29, 0.717) is 23.9 Å². The van der Waals surface area contributed by atoms with E-state index in [0.717, 1.165) is 0 Å². The van der Waals surface area contributed by atoms with Gasteiger partial charge in [-0.25, -0.2) is 9.78 Å². The maximum absolute atomic E-state index is 11.3. The summed E-state index contributed by atoms with van der Waals surface area (Å²) in [5.74, 6) is -0.503. The Morgan fingerprint density at radius 3 is 3.12 bits per heavy atom. The molecule has 17 heavy (non-hydrogen) atoms. The number of hydrogen-bond acceptors (Lipinski definition) is 5. The van der Waals surface area contributed by atoms with Gasteiger partial charge in [-0.15, -0.1) is 11.3 Å². The van der Waals surface area contributed by atoms with Crippen molar-refractivity contribution >= 4 is 28.1 Å². The standard InChI is InChI=1S/C10H13N3O3S/c1-12(3-5-16-2)8-7(9(14)15)13-4-6-17-10(13)11-8/h4,6H,3,5H2,1-2H3,(H,14,15). The van der Waals surface area contributed by atoms with Gasteiger partial charge in [0.15, 0.2) is 16.5 Å². The SMILES string of the molecule is COCCN(C)c1nc2sccn2c1C(=O)O. The number of carboxylic acids is 1. The zero-order valence-corrected chi connectivity index (χ0v) is 10.4. The number of likely N-dealkylation sites (N-methyl/N-ethyl adjacent to an activating group) is 1. The molecule has 92 valence electrons. The second-order valence-corrected chi connectivity index (χ2v) is 4.43. The van der Waals surface area contributed by atoms with Gasteiger partial charge < -0.3 is 14.7 Å². The van der Waals surface area contributed by atoms with Crippen LogP contribution in [0.5, 0.6) is 0 Å². The number of hydrogen-bond donors (Lipinski definition) is 1. The third-order valence-electron chi connectivity index (χ3n) is 2.44. The number of carboxylic acid groups (broad SMARTS) is 1. The van der Waals surface area contributed by atoms with Crippen molar-refractivity contribution in [2.45, 2.75) is 0 Å². The predicted molar refractivity (Wildman–Crippen MR) is 65.2 cm³/mol. The molecule has 2 aromatic rings. The molecule has 2 heterocycles. The van der Waals surface area contributed by atoms with Gasteiger partial charge in [-0.1, -0.05) is 0 Å². The zero-order valence-electron chi connectivity index (χ0n) is 9.58. The predicted octanol–water partition coefficient (Wildman–Crippen LogP) is 1.18. The Balaban J connectivity index is 2.41. The van der Waals surface area contributed by atoms with Gasteiger partial charge >= 0.3 is 5.97 Å². The molecular formula is C10H13N3O3S. The highest BCUT2D eigenvalue weighted by atomic mass is 32.1. The summed E-state index contributed by atoms with van der Waals surface area (Å²) in [5, 5.41) is 11.0. The topological polar surface area (TPSA) is 67.1 Å². The molecule has 0 unspecified atom stereocenters. The van der Waals surface area contributed by atoms with Crippen molar-refractivity contribution in [3.05, 3.63) is 17.3 Å². The maximum atomic E-state index is 11.3. The Morgan fingerprint density at radius 2 is 2.47 bits per heavy atom. The molecular weight excluding hydrogens is 242 g/mol. The van der Waals surface area contributed by atoms with E-state index in [1.807, 2.05) is 5.38 Å². The summed E-state index contributed by atoms with van der Waals surface area (Å²) >= 11 is 1.41. The minimum absolute atomic E-state index is 0.194. The lowest BCUT2D eigenvalue weighted by molar-refractivity contribution is 0.0690. The van der Waals surface area contributed by atoms with Crippen LogP contribution in [0, 0.1) is 0 Å².